The van der Waals surface area contributed by atoms with Crippen LogP contribution in [-0.2, 0) is 0 Å². The second-order valence-electron chi connectivity index (χ2n) is 2.81. The molecule has 0 aliphatic rings. The lowest BCUT2D eigenvalue weighted by atomic mass is 10.1. The van der Waals surface area contributed by atoms with Gasteiger partial charge < -0.3 is 4.74 Å². The summed E-state index contributed by atoms with van der Waals surface area (Å²) in [6.07, 6.45) is 0. The van der Waals surface area contributed by atoms with Gasteiger partial charge in [-0.1, -0.05) is 0 Å². The second kappa shape index (κ2) is 4.43. The quantitative estimate of drug-likeness (QED) is 0.788. The summed E-state index contributed by atoms with van der Waals surface area (Å²) in [5.74, 6) is 0.784. The zero-order valence-electron chi connectivity index (χ0n) is 7.97. The highest BCUT2D eigenvalue weighted by atomic mass is 32.1. The Morgan fingerprint density at radius 3 is 2.81 bits per heavy atom. The highest BCUT2D eigenvalue weighted by Crippen LogP contribution is 2.25. The van der Waals surface area contributed by atoms with Crippen LogP contribution in [0.1, 0.15) is 11.1 Å². The van der Waals surface area contributed by atoms with Crippen LogP contribution in [0.15, 0.2) is 23.6 Å². The Balaban J connectivity index is 2.36. The summed E-state index contributed by atoms with van der Waals surface area (Å²) < 4.78 is 5.38. The summed E-state index contributed by atoms with van der Waals surface area (Å²) in [6.45, 7) is 0. The van der Waals surface area contributed by atoms with Crippen molar-refractivity contribution in [2.45, 2.75) is 0 Å². The predicted octanol–water partition coefficient (Wildman–Crippen LogP) is 2.48. The lowest BCUT2D eigenvalue weighted by molar-refractivity contribution is 0.464. The summed E-state index contributed by atoms with van der Waals surface area (Å²) in [5, 5.41) is 19.3. The first-order valence-electron chi connectivity index (χ1n) is 4.27. The molecule has 1 aromatic heterocycles. The van der Waals surface area contributed by atoms with Crippen LogP contribution in [-0.4, -0.2) is 4.98 Å². The molecule has 0 unspecified atom stereocenters. The molecule has 16 heavy (non-hydrogen) atoms. The molecule has 0 saturated carbocycles. The normalized spacial score (nSPS) is 9.12. The minimum atomic E-state index is 0.312. The van der Waals surface area contributed by atoms with E-state index in [1.54, 1.807) is 17.5 Å². The maximum Gasteiger partial charge on any atom is 0.230 e. The van der Waals surface area contributed by atoms with Gasteiger partial charge >= 0.3 is 0 Å². The van der Waals surface area contributed by atoms with Crippen LogP contribution < -0.4 is 4.74 Å². The predicted molar refractivity (Wildman–Crippen MR) is 56.9 cm³/mol. The van der Waals surface area contributed by atoms with Crippen molar-refractivity contribution in [2.75, 3.05) is 0 Å². The summed E-state index contributed by atoms with van der Waals surface area (Å²) in [6, 6.07) is 8.58. The molecule has 0 N–H and O–H groups in total. The molecule has 75 valence electrons. The molecule has 1 aromatic carbocycles. The number of ether oxygens (including phenoxy) is 1. The highest BCUT2D eigenvalue weighted by molar-refractivity contribution is 7.07. The number of rotatable bonds is 2. The Labute approximate surface area is 96.0 Å². The average Bonchev–Trinajstić information content (AvgIpc) is 2.82. The fraction of sp³-hybridized carbons (Fsp3) is 0. The average molecular weight is 226 g/mol. The van der Waals surface area contributed by atoms with E-state index < -0.39 is 0 Å². The number of thiazole rings is 1. The maximum atomic E-state index is 8.90. The van der Waals surface area contributed by atoms with Gasteiger partial charge in [-0.15, -0.1) is 11.3 Å². The van der Waals surface area contributed by atoms with Gasteiger partial charge in [-0.25, -0.2) is 0 Å². The Hall–Kier alpha value is -2.37. The fourth-order valence-corrected chi connectivity index (χ4v) is 1.51. The summed E-state index contributed by atoms with van der Waals surface area (Å²) in [5.41, 5.74) is 3.38. The van der Waals surface area contributed by atoms with Crippen molar-refractivity contribution in [3.8, 4) is 23.8 Å². The molecule has 2 aromatic rings. The smallest absolute Gasteiger partial charge is 0.230 e. The van der Waals surface area contributed by atoms with Crippen molar-refractivity contribution in [3.63, 3.8) is 0 Å². The molecule has 0 saturated heterocycles. The molecule has 0 bridgehead atoms. The van der Waals surface area contributed by atoms with Gasteiger partial charge in [0, 0.05) is 0 Å². The molecular formula is C11H4N3OS. The van der Waals surface area contributed by atoms with Gasteiger partial charge in [0.05, 0.1) is 22.6 Å². The van der Waals surface area contributed by atoms with E-state index in [0.29, 0.717) is 22.8 Å². The van der Waals surface area contributed by atoms with Crippen molar-refractivity contribution < 1.29 is 4.74 Å². The van der Waals surface area contributed by atoms with Gasteiger partial charge in [-0.05, 0) is 18.2 Å². The van der Waals surface area contributed by atoms with Crippen molar-refractivity contribution in [1.82, 2.24) is 4.98 Å². The number of benzene rings is 1. The Morgan fingerprint density at radius 1 is 1.31 bits per heavy atom. The van der Waals surface area contributed by atoms with E-state index in [2.05, 4.69) is 10.5 Å². The van der Waals surface area contributed by atoms with Crippen LogP contribution in [0.5, 0.6) is 11.6 Å². The molecule has 0 aliphatic carbocycles. The van der Waals surface area contributed by atoms with Crippen molar-refractivity contribution >= 4 is 11.3 Å². The monoisotopic (exact) mass is 226 g/mol. The van der Waals surface area contributed by atoms with Crippen molar-refractivity contribution in [3.05, 3.63) is 40.2 Å². The van der Waals surface area contributed by atoms with Gasteiger partial charge in [0.25, 0.3) is 0 Å². The van der Waals surface area contributed by atoms with Gasteiger partial charge in [-0.3, -0.25) is 0 Å². The standard InChI is InChI=1S/C11H4N3OS/c12-4-8-1-2-10(9(3-8)5-13)15-11-6-16-7-14-11/h1-3,6H. The zero-order valence-corrected chi connectivity index (χ0v) is 8.78. The van der Waals surface area contributed by atoms with Gasteiger partial charge in [0.1, 0.15) is 11.8 Å². The van der Waals surface area contributed by atoms with Crippen LogP contribution >= 0.6 is 11.3 Å². The number of aromatic nitrogens is 1. The minimum Gasteiger partial charge on any atom is -0.437 e. The third-order valence-electron chi connectivity index (χ3n) is 1.81. The minimum absolute atomic E-state index is 0.312. The third-order valence-corrected chi connectivity index (χ3v) is 2.33. The summed E-state index contributed by atoms with van der Waals surface area (Å²) >= 11 is 1.28. The topological polar surface area (TPSA) is 69.7 Å². The number of hydrogen-bond acceptors (Lipinski definition) is 5. The molecule has 1 heterocycles. The van der Waals surface area contributed by atoms with Gasteiger partial charge in [-0.2, -0.15) is 15.5 Å². The van der Waals surface area contributed by atoms with E-state index >= 15 is 0 Å². The molecule has 0 fully saturated rings. The number of nitrogens with zero attached hydrogens (tertiary/aromatic N) is 3. The van der Waals surface area contributed by atoms with Crippen molar-refractivity contribution in [1.29, 1.82) is 10.5 Å². The summed E-state index contributed by atoms with van der Waals surface area (Å²) in [7, 11) is 0. The zero-order chi connectivity index (χ0) is 11.4. The first-order chi connectivity index (χ1) is 7.83. The van der Waals surface area contributed by atoms with E-state index in [1.807, 2.05) is 12.1 Å². The largest absolute Gasteiger partial charge is 0.437 e. The number of hydrogen-bond donors (Lipinski definition) is 0. The van der Waals surface area contributed by atoms with E-state index in [0.717, 1.165) is 0 Å². The van der Waals surface area contributed by atoms with E-state index in [4.69, 9.17) is 15.3 Å². The van der Waals surface area contributed by atoms with Crippen LogP contribution in [0.25, 0.3) is 0 Å². The number of nitriles is 2. The molecular weight excluding hydrogens is 222 g/mol. The SMILES string of the molecule is N#Cc1ccc(Oc2cs[c]n2)c(C#N)c1. The first kappa shape index (κ1) is 10.2. The van der Waals surface area contributed by atoms with Crippen LogP contribution in [0.4, 0.5) is 0 Å². The Morgan fingerprint density at radius 2 is 2.19 bits per heavy atom. The van der Waals surface area contributed by atoms with Crippen LogP contribution in [0, 0.1) is 28.2 Å². The molecule has 4 nitrogen and oxygen atoms in total. The molecule has 1 radical (unpaired) electrons. The highest BCUT2D eigenvalue weighted by Gasteiger charge is 2.06. The third kappa shape index (κ3) is 2.00. The first-order valence-corrected chi connectivity index (χ1v) is 5.15. The van der Waals surface area contributed by atoms with Crippen LogP contribution in [0.2, 0.25) is 0 Å². The van der Waals surface area contributed by atoms with Gasteiger partial charge in [0.15, 0.2) is 5.51 Å². The molecule has 0 amide bonds. The Kier molecular flexibility index (Phi) is 2.81. The van der Waals surface area contributed by atoms with Crippen molar-refractivity contribution in [2.24, 2.45) is 0 Å². The fourth-order valence-electron chi connectivity index (χ4n) is 1.11. The van der Waals surface area contributed by atoms with E-state index in [1.165, 1.54) is 17.4 Å². The lowest BCUT2D eigenvalue weighted by Gasteiger charge is -2.03. The maximum absolute atomic E-state index is 8.90. The van der Waals surface area contributed by atoms with Crippen LogP contribution in [0.3, 0.4) is 0 Å². The Bertz CT molecular complexity index is 578. The molecule has 2 rings (SSSR count). The van der Waals surface area contributed by atoms with E-state index in [-0.39, 0.29) is 0 Å². The molecule has 5 heteroatoms. The van der Waals surface area contributed by atoms with Gasteiger partial charge in [0.2, 0.25) is 5.88 Å². The summed E-state index contributed by atoms with van der Waals surface area (Å²) in [4.78, 5) is 3.83. The second-order valence-corrected chi connectivity index (χ2v) is 3.47. The molecule has 0 aliphatic heterocycles. The lowest BCUT2D eigenvalue weighted by Crippen LogP contribution is -1.89. The molecule has 0 spiro atoms. The molecule has 0 atom stereocenters. The van der Waals surface area contributed by atoms with E-state index in [9.17, 15) is 0 Å².